The van der Waals surface area contributed by atoms with Crippen molar-refractivity contribution in [2.24, 2.45) is 0 Å². The van der Waals surface area contributed by atoms with E-state index in [1.165, 1.54) is 17.3 Å². The van der Waals surface area contributed by atoms with Gasteiger partial charge in [0.25, 0.3) is 11.8 Å². The van der Waals surface area contributed by atoms with Crippen LogP contribution in [0.2, 0.25) is 0 Å². The number of H-pyrrole nitrogens is 1. The molecule has 33 heavy (non-hydrogen) atoms. The molecule has 1 aliphatic rings. The summed E-state index contributed by atoms with van der Waals surface area (Å²) in [4.78, 5) is 34.6. The molecule has 0 saturated carbocycles. The molecular weight excluding hydrogens is 440 g/mol. The second-order valence-corrected chi connectivity index (χ2v) is 8.87. The number of hydrogen-bond acceptors (Lipinski definition) is 8. The van der Waals surface area contributed by atoms with Gasteiger partial charge in [-0.25, -0.2) is 9.97 Å². The molecule has 1 aromatic carbocycles. The first-order valence-electron chi connectivity index (χ1n) is 10.4. The lowest BCUT2D eigenvalue weighted by Gasteiger charge is -2.14. The predicted octanol–water partition coefficient (Wildman–Crippen LogP) is 2.37. The van der Waals surface area contributed by atoms with E-state index in [9.17, 15) is 9.59 Å². The van der Waals surface area contributed by atoms with Gasteiger partial charge < -0.3 is 10.6 Å². The lowest BCUT2D eigenvalue weighted by molar-refractivity contribution is 0.0931. The van der Waals surface area contributed by atoms with Crippen molar-refractivity contribution in [1.82, 2.24) is 41.2 Å². The molecule has 0 spiro atoms. The molecule has 0 fully saturated rings. The lowest BCUT2D eigenvalue weighted by Crippen LogP contribution is -2.29. The van der Waals surface area contributed by atoms with E-state index in [0.29, 0.717) is 12.4 Å². The zero-order valence-corrected chi connectivity index (χ0v) is 18.5. The fraction of sp³-hybridized carbons (Fsp3) is 0.227. The number of nitrogens with zero attached hydrogens (tertiary/aromatic N) is 5. The first-order valence-corrected chi connectivity index (χ1v) is 11.3. The number of benzene rings is 1. The van der Waals surface area contributed by atoms with Crippen molar-refractivity contribution in [3.8, 4) is 11.4 Å². The van der Waals surface area contributed by atoms with E-state index in [4.69, 9.17) is 0 Å². The summed E-state index contributed by atoms with van der Waals surface area (Å²) in [7, 11) is 0. The van der Waals surface area contributed by atoms with E-state index in [-0.39, 0.29) is 29.2 Å². The molecule has 1 atom stereocenters. The maximum atomic E-state index is 12.9. The zero-order valence-electron chi connectivity index (χ0n) is 17.7. The van der Waals surface area contributed by atoms with Gasteiger partial charge in [-0.1, -0.05) is 12.1 Å². The van der Waals surface area contributed by atoms with Crippen LogP contribution in [0.4, 0.5) is 0 Å². The highest BCUT2D eigenvalue weighted by Gasteiger charge is 2.26. The molecule has 166 valence electrons. The quantitative estimate of drug-likeness (QED) is 0.401. The van der Waals surface area contributed by atoms with Gasteiger partial charge >= 0.3 is 0 Å². The van der Waals surface area contributed by atoms with Crippen LogP contribution in [-0.2, 0) is 13.0 Å². The summed E-state index contributed by atoms with van der Waals surface area (Å²) in [6, 6.07) is 9.21. The Kier molecular flexibility index (Phi) is 5.61. The number of hydrogen-bond donors (Lipinski definition) is 3. The molecule has 1 aliphatic carbocycles. The van der Waals surface area contributed by atoms with Crippen LogP contribution >= 0.6 is 11.3 Å². The molecule has 3 heterocycles. The minimum Gasteiger partial charge on any atom is -0.347 e. The first-order chi connectivity index (χ1) is 16.1. The summed E-state index contributed by atoms with van der Waals surface area (Å²) in [5.74, 6) is -0.165. The Morgan fingerprint density at radius 2 is 2.00 bits per heavy atom. The highest BCUT2D eigenvalue weighted by molar-refractivity contribution is 7.10. The van der Waals surface area contributed by atoms with E-state index < -0.39 is 0 Å². The Bertz CT molecular complexity index is 1320. The number of fused-ring (bicyclic) bond motifs is 1. The van der Waals surface area contributed by atoms with Gasteiger partial charge in [0.15, 0.2) is 0 Å². The number of aromatic nitrogens is 6. The zero-order chi connectivity index (χ0) is 22.8. The van der Waals surface area contributed by atoms with Crippen molar-refractivity contribution < 1.29 is 9.59 Å². The number of thiophene rings is 1. The number of aryl methyl sites for hydroxylation is 2. The summed E-state index contributed by atoms with van der Waals surface area (Å²) < 4.78 is 0. The summed E-state index contributed by atoms with van der Waals surface area (Å²) in [5, 5.41) is 21.9. The van der Waals surface area contributed by atoms with Gasteiger partial charge in [-0.2, -0.15) is 5.21 Å². The molecule has 0 radical (unpaired) electrons. The number of tetrazole rings is 1. The third-order valence-electron chi connectivity index (χ3n) is 5.50. The first kappa shape index (κ1) is 20.9. The highest BCUT2D eigenvalue weighted by Crippen LogP contribution is 2.33. The minimum atomic E-state index is -0.351. The van der Waals surface area contributed by atoms with Crippen molar-refractivity contribution in [1.29, 1.82) is 0 Å². The SMILES string of the molecule is Cc1cc(CNC(=O)c2cc(C(=O)NC3CCc4cc(-c5nn[nH]n5)ccc43)ncn2)cs1. The third kappa shape index (κ3) is 4.48. The van der Waals surface area contributed by atoms with E-state index in [2.05, 4.69) is 41.2 Å². The van der Waals surface area contributed by atoms with Gasteiger partial charge in [-0.15, -0.1) is 21.5 Å². The number of carbonyl (C=O) groups excluding carboxylic acids is 2. The van der Waals surface area contributed by atoms with Crippen LogP contribution in [0.5, 0.6) is 0 Å². The second kappa shape index (κ2) is 8.87. The average Bonchev–Trinajstić information content (AvgIpc) is 3.59. The van der Waals surface area contributed by atoms with Crippen LogP contribution in [0.3, 0.4) is 0 Å². The Labute approximate surface area is 192 Å². The Morgan fingerprint density at radius 1 is 1.15 bits per heavy atom. The predicted molar refractivity (Wildman–Crippen MR) is 120 cm³/mol. The number of rotatable bonds is 6. The molecule has 0 saturated heterocycles. The normalized spacial score (nSPS) is 14.6. The molecule has 1 unspecified atom stereocenters. The van der Waals surface area contributed by atoms with Gasteiger partial charge in [0.1, 0.15) is 17.7 Å². The molecular formula is C22H20N8O2S. The van der Waals surface area contributed by atoms with Crippen LogP contribution in [0, 0.1) is 6.92 Å². The van der Waals surface area contributed by atoms with Crippen molar-refractivity contribution in [2.75, 3.05) is 0 Å². The smallest absolute Gasteiger partial charge is 0.270 e. The van der Waals surface area contributed by atoms with Crippen molar-refractivity contribution in [3.05, 3.63) is 75.0 Å². The van der Waals surface area contributed by atoms with Crippen LogP contribution < -0.4 is 10.6 Å². The van der Waals surface area contributed by atoms with Gasteiger partial charge in [-0.05, 0) is 59.2 Å². The standard InChI is InChI=1S/C22H20N8O2S/c1-12-6-13(10-33-12)9-23-21(31)18-8-19(25-11-24-18)22(32)26-17-5-3-14-7-15(2-4-16(14)17)20-27-29-30-28-20/h2,4,6-8,10-11,17H,3,5,9H2,1H3,(H,23,31)(H,26,32)(H,27,28,29,30). The topological polar surface area (TPSA) is 138 Å². The van der Waals surface area contributed by atoms with Crippen LogP contribution in [0.1, 0.15) is 55.0 Å². The molecule has 11 heteroatoms. The molecule has 3 aromatic heterocycles. The van der Waals surface area contributed by atoms with Crippen molar-refractivity contribution in [2.45, 2.75) is 32.4 Å². The lowest BCUT2D eigenvalue weighted by atomic mass is 10.0. The minimum absolute atomic E-state index is 0.138. The summed E-state index contributed by atoms with van der Waals surface area (Å²) in [5.41, 5.74) is 4.39. The maximum absolute atomic E-state index is 12.9. The monoisotopic (exact) mass is 460 g/mol. The largest absolute Gasteiger partial charge is 0.347 e. The summed E-state index contributed by atoms with van der Waals surface area (Å²) in [6.45, 7) is 2.42. The average molecular weight is 461 g/mol. The number of nitrogens with one attached hydrogen (secondary N) is 3. The summed E-state index contributed by atoms with van der Waals surface area (Å²) in [6.07, 6.45) is 2.83. The molecule has 5 rings (SSSR count). The molecule has 4 aromatic rings. The number of amides is 2. The van der Waals surface area contributed by atoms with E-state index in [1.54, 1.807) is 11.3 Å². The van der Waals surface area contributed by atoms with Crippen LogP contribution in [-0.4, -0.2) is 42.4 Å². The van der Waals surface area contributed by atoms with Gasteiger partial charge in [0.2, 0.25) is 5.82 Å². The Balaban J connectivity index is 1.25. The van der Waals surface area contributed by atoms with Crippen molar-refractivity contribution in [3.63, 3.8) is 0 Å². The van der Waals surface area contributed by atoms with E-state index in [0.717, 1.165) is 35.1 Å². The fourth-order valence-corrected chi connectivity index (χ4v) is 4.60. The van der Waals surface area contributed by atoms with Gasteiger partial charge in [-0.3, -0.25) is 9.59 Å². The molecule has 0 bridgehead atoms. The fourth-order valence-electron chi connectivity index (χ4n) is 3.89. The molecule has 2 amide bonds. The third-order valence-corrected chi connectivity index (χ3v) is 6.41. The van der Waals surface area contributed by atoms with Crippen LogP contribution in [0.25, 0.3) is 11.4 Å². The number of carbonyl (C=O) groups is 2. The number of aromatic amines is 1. The van der Waals surface area contributed by atoms with E-state index in [1.807, 2.05) is 36.6 Å². The summed E-state index contributed by atoms with van der Waals surface area (Å²) >= 11 is 1.63. The molecule has 3 N–H and O–H groups in total. The van der Waals surface area contributed by atoms with Crippen LogP contribution in [0.15, 0.2) is 42.0 Å². The van der Waals surface area contributed by atoms with Gasteiger partial charge in [0.05, 0.1) is 6.04 Å². The van der Waals surface area contributed by atoms with E-state index >= 15 is 0 Å². The molecule has 10 nitrogen and oxygen atoms in total. The highest BCUT2D eigenvalue weighted by atomic mass is 32.1. The second-order valence-electron chi connectivity index (χ2n) is 7.75. The Hall–Kier alpha value is -3.99. The Morgan fingerprint density at radius 3 is 2.76 bits per heavy atom. The maximum Gasteiger partial charge on any atom is 0.270 e. The molecule has 0 aliphatic heterocycles. The van der Waals surface area contributed by atoms with Crippen molar-refractivity contribution >= 4 is 23.2 Å². The van der Waals surface area contributed by atoms with Gasteiger partial charge in [0, 0.05) is 23.1 Å².